The number of amides is 1. The largest absolute Gasteiger partial charge is 0.445 e. The Labute approximate surface area is 151 Å². The number of fused-ring (bicyclic) bond motifs is 1. The Morgan fingerprint density at radius 3 is 2.54 bits per heavy atom. The molecule has 1 amide bonds. The van der Waals surface area contributed by atoms with E-state index in [1.54, 1.807) is 17.0 Å². The van der Waals surface area contributed by atoms with Crippen molar-refractivity contribution < 1.29 is 19.0 Å². The highest BCUT2D eigenvalue weighted by atomic mass is 19.1. The lowest BCUT2D eigenvalue weighted by atomic mass is 9.91. The third-order valence-corrected chi connectivity index (χ3v) is 5.50. The highest BCUT2D eigenvalue weighted by molar-refractivity contribution is 5.68. The minimum absolute atomic E-state index is 0.142. The van der Waals surface area contributed by atoms with Crippen LogP contribution in [0.25, 0.3) is 0 Å². The highest BCUT2D eigenvalue weighted by Gasteiger charge is 2.51. The molecule has 2 fully saturated rings. The molecule has 0 unspecified atom stereocenters. The summed E-state index contributed by atoms with van der Waals surface area (Å²) in [7, 11) is 0. The summed E-state index contributed by atoms with van der Waals surface area (Å²) in [5.74, 6) is -0.332. The number of benzene rings is 1. The molecule has 1 saturated carbocycles. The van der Waals surface area contributed by atoms with E-state index in [1.807, 2.05) is 30.3 Å². The average molecular weight is 356 g/mol. The summed E-state index contributed by atoms with van der Waals surface area (Å²) < 4.78 is 19.4. The summed E-state index contributed by atoms with van der Waals surface area (Å²) in [5.41, 5.74) is 0.00235. The summed E-state index contributed by atoms with van der Waals surface area (Å²) in [6.45, 7) is 1.31. The molecular formula is C20H21FN2O3. The zero-order chi connectivity index (χ0) is 18.1. The molecule has 2 aromatic rings. The van der Waals surface area contributed by atoms with Crippen LogP contribution < -0.4 is 0 Å². The Kier molecular flexibility index (Phi) is 4.36. The number of carbonyl (C=O) groups is 1. The van der Waals surface area contributed by atoms with Crippen molar-refractivity contribution in [2.45, 2.75) is 25.0 Å². The number of hydrogen-bond donors (Lipinski definition) is 1. The molecule has 6 heteroatoms. The fraction of sp³-hybridized carbons (Fsp3) is 0.400. The third kappa shape index (κ3) is 3.17. The van der Waals surface area contributed by atoms with Crippen molar-refractivity contribution in [3.8, 4) is 0 Å². The molecule has 0 spiro atoms. The number of carbonyl (C=O) groups excluding carboxylic acids is 1. The number of ether oxygens (including phenoxy) is 1. The maximum absolute atomic E-state index is 14.0. The van der Waals surface area contributed by atoms with E-state index >= 15 is 0 Å². The van der Waals surface area contributed by atoms with Crippen molar-refractivity contribution in [2.75, 3.05) is 13.1 Å². The minimum Gasteiger partial charge on any atom is -0.445 e. The Morgan fingerprint density at radius 2 is 1.88 bits per heavy atom. The van der Waals surface area contributed by atoms with Gasteiger partial charge in [-0.15, -0.1) is 0 Å². The van der Waals surface area contributed by atoms with E-state index in [1.165, 1.54) is 6.20 Å². The number of nitrogens with zero attached hydrogens (tertiary/aromatic N) is 2. The summed E-state index contributed by atoms with van der Waals surface area (Å²) in [4.78, 5) is 17.6. The van der Waals surface area contributed by atoms with E-state index in [4.69, 9.17) is 4.74 Å². The van der Waals surface area contributed by atoms with Gasteiger partial charge in [-0.05, 0) is 36.3 Å². The second kappa shape index (κ2) is 6.68. The number of pyridine rings is 1. The topological polar surface area (TPSA) is 62.7 Å². The molecule has 0 bridgehead atoms. The normalized spacial score (nSPS) is 23.7. The van der Waals surface area contributed by atoms with Crippen molar-refractivity contribution in [3.05, 3.63) is 65.7 Å². The van der Waals surface area contributed by atoms with E-state index in [9.17, 15) is 14.3 Å². The molecule has 1 aliphatic carbocycles. The third-order valence-electron chi connectivity index (χ3n) is 5.50. The molecule has 136 valence electrons. The van der Waals surface area contributed by atoms with E-state index in [0.717, 1.165) is 5.56 Å². The van der Waals surface area contributed by atoms with Gasteiger partial charge in [0.05, 0.1) is 5.60 Å². The zero-order valence-corrected chi connectivity index (χ0v) is 14.3. The van der Waals surface area contributed by atoms with Gasteiger partial charge in [-0.25, -0.2) is 9.78 Å². The Hall–Kier alpha value is -2.47. The lowest BCUT2D eigenvalue weighted by molar-refractivity contribution is 0.0258. The molecule has 26 heavy (non-hydrogen) atoms. The van der Waals surface area contributed by atoms with Gasteiger partial charge in [0, 0.05) is 24.8 Å². The van der Waals surface area contributed by atoms with Crippen LogP contribution in [0.1, 0.15) is 24.0 Å². The van der Waals surface area contributed by atoms with Gasteiger partial charge in [0.25, 0.3) is 0 Å². The number of aliphatic hydroxyl groups is 1. The standard InChI is InChI=1S/C20H21FN2O3/c21-18-17(7-4-8-22-18)20(25)9-15-11-23(12-16(15)10-20)19(24)26-13-14-5-2-1-3-6-14/h1-8,15-16,25H,9-13H2/t15-,16-/m1/s1. The van der Waals surface area contributed by atoms with Gasteiger partial charge < -0.3 is 14.7 Å². The van der Waals surface area contributed by atoms with Crippen LogP contribution in [0.5, 0.6) is 0 Å². The lowest BCUT2D eigenvalue weighted by Crippen LogP contribution is -2.33. The minimum atomic E-state index is -1.20. The van der Waals surface area contributed by atoms with Gasteiger partial charge in [0.2, 0.25) is 5.95 Å². The molecule has 4 rings (SSSR count). The number of hydrogen-bond acceptors (Lipinski definition) is 4. The van der Waals surface area contributed by atoms with E-state index < -0.39 is 11.5 Å². The molecule has 0 radical (unpaired) electrons. The number of rotatable bonds is 3. The lowest BCUT2D eigenvalue weighted by Gasteiger charge is -2.26. The van der Waals surface area contributed by atoms with Crippen molar-refractivity contribution in [1.29, 1.82) is 0 Å². The van der Waals surface area contributed by atoms with E-state index in [-0.39, 0.29) is 30.1 Å². The molecule has 2 atom stereocenters. The molecule has 5 nitrogen and oxygen atoms in total. The summed E-state index contributed by atoms with van der Waals surface area (Å²) >= 11 is 0. The first-order chi connectivity index (χ1) is 12.5. The predicted molar refractivity (Wildman–Crippen MR) is 92.5 cm³/mol. The van der Waals surface area contributed by atoms with Gasteiger partial charge >= 0.3 is 6.09 Å². The van der Waals surface area contributed by atoms with Gasteiger partial charge in [-0.3, -0.25) is 0 Å². The monoisotopic (exact) mass is 356 g/mol. The Balaban J connectivity index is 1.36. The van der Waals surface area contributed by atoms with Gasteiger partial charge in [0.15, 0.2) is 0 Å². The fourth-order valence-corrected chi connectivity index (χ4v) is 4.26. The van der Waals surface area contributed by atoms with Gasteiger partial charge in [-0.1, -0.05) is 36.4 Å². The zero-order valence-electron chi connectivity index (χ0n) is 14.3. The smallest absolute Gasteiger partial charge is 0.410 e. The molecule has 2 heterocycles. The summed E-state index contributed by atoms with van der Waals surface area (Å²) in [5, 5.41) is 10.9. The second-order valence-electron chi connectivity index (χ2n) is 7.25. The molecule has 1 aliphatic heterocycles. The number of halogens is 1. The van der Waals surface area contributed by atoms with Crippen LogP contribution in [-0.4, -0.2) is 34.2 Å². The first-order valence-corrected chi connectivity index (χ1v) is 8.84. The van der Waals surface area contributed by atoms with Crippen LogP contribution in [0.2, 0.25) is 0 Å². The van der Waals surface area contributed by atoms with E-state index in [0.29, 0.717) is 25.9 Å². The highest BCUT2D eigenvalue weighted by Crippen LogP contribution is 2.49. The summed E-state index contributed by atoms with van der Waals surface area (Å²) in [6, 6.07) is 12.8. The maximum atomic E-state index is 14.0. The van der Waals surface area contributed by atoms with Crippen molar-refractivity contribution in [2.24, 2.45) is 11.8 Å². The van der Waals surface area contributed by atoms with Crippen LogP contribution >= 0.6 is 0 Å². The van der Waals surface area contributed by atoms with Crippen LogP contribution in [0.4, 0.5) is 9.18 Å². The van der Waals surface area contributed by atoms with Gasteiger partial charge in [-0.2, -0.15) is 4.39 Å². The van der Waals surface area contributed by atoms with Crippen LogP contribution in [0, 0.1) is 17.8 Å². The molecule has 1 aromatic heterocycles. The fourth-order valence-electron chi connectivity index (χ4n) is 4.26. The average Bonchev–Trinajstić information content (AvgIpc) is 3.16. The predicted octanol–water partition coefficient (Wildman–Crippen LogP) is 3.09. The van der Waals surface area contributed by atoms with Crippen molar-refractivity contribution >= 4 is 6.09 Å². The van der Waals surface area contributed by atoms with E-state index in [2.05, 4.69) is 4.98 Å². The maximum Gasteiger partial charge on any atom is 0.410 e. The Bertz CT molecular complexity index is 785. The van der Waals surface area contributed by atoms with Crippen LogP contribution in [-0.2, 0) is 16.9 Å². The summed E-state index contributed by atoms with van der Waals surface area (Å²) in [6.07, 6.45) is 1.91. The SMILES string of the molecule is O=C(OCc1ccccc1)N1C[C@H]2CC(O)(c3cccnc3F)C[C@@H]2C1. The van der Waals surface area contributed by atoms with Crippen LogP contribution in [0.3, 0.4) is 0 Å². The second-order valence-corrected chi connectivity index (χ2v) is 7.25. The number of likely N-dealkylation sites (tertiary alicyclic amines) is 1. The molecule has 2 aliphatic rings. The Morgan fingerprint density at radius 1 is 1.19 bits per heavy atom. The molecule has 1 saturated heterocycles. The van der Waals surface area contributed by atoms with Crippen LogP contribution in [0.15, 0.2) is 48.7 Å². The van der Waals surface area contributed by atoms with Gasteiger partial charge in [0.1, 0.15) is 6.61 Å². The molecule has 1 aromatic carbocycles. The molecule has 1 N–H and O–H groups in total. The molecular weight excluding hydrogens is 335 g/mol. The van der Waals surface area contributed by atoms with Crippen molar-refractivity contribution in [1.82, 2.24) is 9.88 Å². The number of aromatic nitrogens is 1. The quantitative estimate of drug-likeness (QED) is 0.859. The first-order valence-electron chi connectivity index (χ1n) is 8.84. The first kappa shape index (κ1) is 17.0. The van der Waals surface area contributed by atoms with Crippen molar-refractivity contribution in [3.63, 3.8) is 0 Å².